The zero-order chi connectivity index (χ0) is 41.2. The molecule has 13 aromatic rings. The number of fused-ring (bicyclic) bond motifs is 14. The zero-order valence-electron chi connectivity index (χ0n) is 34.1. The fourth-order valence-electron chi connectivity index (χ4n) is 10.7. The smallest absolute Gasteiger partial charge is 0.235 e. The maximum absolute atomic E-state index is 5.67. The van der Waals surface area contributed by atoms with Gasteiger partial charge in [0.15, 0.2) is 0 Å². The van der Waals surface area contributed by atoms with E-state index in [2.05, 4.69) is 203 Å². The average Bonchev–Trinajstić information content (AvgIpc) is 4.01. The van der Waals surface area contributed by atoms with E-state index in [1.165, 1.54) is 85.4 Å². The molecule has 4 heterocycles. The highest BCUT2D eigenvalue weighted by Crippen LogP contribution is 2.47. The van der Waals surface area contributed by atoms with Crippen LogP contribution in [-0.2, 0) is 6.42 Å². The molecule has 0 saturated carbocycles. The standard InChI is InChI=1S/C58H36N4S/c1-2-17-35(18-3-1)61-49-30-13-9-25-43(49)54-39-22-6-4-19-36(39)46(33-51(54)61)47-34-52-55(40-23-7-5-20-37(40)47)44-26-10-14-31-50(44)62(52)58-59-48-29-12-8-24-42(48)56(60-58)45-28-16-27-41-38-21-11-15-32-53(38)63-57(41)45/h1-11,13-28,30-34H,12,29H2. The number of thiophene rings is 1. The molecule has 0 saturated heterocycles. The second-order valence-corrected chi connectivity index (χ2v) is 17.8. The van der Waals surface area contributed by atoms with Gasteiger partial charge in [0.2, 0.25) is 5.95 Å². The number of rotatable bonds is 4. The highest BCUT2D eigenvalue weighted by molar-refractivity contribution is 7.26. The van der Waals surface area contributed by atoms with Crippen LogP contribution in [0.2, 0.25) is 0 Å². The lowest BCUT2D eigenvalue weighted by atomic mass is 9.90. The SMILES string of the molecule is C1=Cc2c(nc(-n3c4ccccc4c4c5ccccc5c(-c5cc6c(c7ccccc57)c5ccccc5n6-c5ccccc5)cc43)nc2-c2cccc3c2sc2ccccc23)CC1. The first-order valence-corrected chi connectivity index (χ1v) is 22.5. The van der Waals surface area contributed by atoms with E-state index in [0.29, 0.717) is 5.95 Å². The number of benzene rings is 9. The molecule has 4 aromatic heterocycles. The van der Waals surface area contributed by atoms with Crippen LogP contribution < -0.4 is 0 Å². The van der Waals surface area contributed by atoms with E-state index in [1.807, 2.05) is 11.3 Å². The molecule has 0 aliphatic heterocycles. The maximum Gasteiger partial charge on any atom is 0.235 e. The fraction of sp³-hybridized carbons (Fsp3) is 0.0345. The first-order chi connectivity index (χ1) is 31.3. The first-order valence-electron chi connectivity index (χ1n) is 21.7. The molecular formula is C58H36N4S. The first kappa shape index (κ1) is 34.8. The van der Waals surface area contributed by atoms with Gasteiger partial charge in [-0.15, -0.1) is 11.3 Å². The van der Waals surface area contributed by atoms with E-state index >= 15 is 0 Å². The molecule has 0 bridgehead atoms. The summed E-state index contributed by atoms with van der Waals surface area (Å²) in [5.74, 6) is 0.703. The minimum atomic E-state index is 0.703. The monoisotopic (exact) mass is 820 g/mol. The van der Waals surface area contributed by atoms with Gasteiger partial charge in [-0.1, -0.05) is 152 Å². The molecule has 0 N–H and O–H groups in total. The Hall–Kier alpha value is -7.86. The lowest BCUT2D eigenvalue weighted by Gasteiger charge is -2.18. The molecule has 63 heavy (non-hydrogen) atoms. The number of hydrogen-bond acceptors (Lipinski definition) is 3. The van der Waals surface area contributed by atoms with E-state index in [-0.39, 0.29) is 0 Å². The van der Waals surface area contributed by atoms with Crippen LogP contribution in [-0.4, -0.2) is 19.1 Å². The summed E-state index contributed by atoms with van der Waals surface area (Å²) in [7, 11) is 0. The molecule has 294 valence electrons. The minimum absolute atomic E-state index is 0.703. The van der Waals surface area contributed by atoms with Crippen molar-refractivity contribution in [3.05, 3.63) is 199 Å². The van der Waals surface area contributed by atoms with Gasteiger partial charge in [0.25, 0.3) is 0 Å². The lowest BCUT2D eigenvalue weighted by molar-refractivity contribution is 0.878. The summed E-state index contributed by atoms with van der Waals surface area (Å²) in [6, 6.07) is 66.6. The molecule has 0 spiro atoms. The number of aryl methyl sites for hydroxylation is 1. The van der Waals surface area contributed by atoms with Gasteiger partial charge in [0.1, 0.15) is 0 Å². The Morgan fingerprint density at radius 2 is 0.984 bits per heavy atom. The van der Waals surface area contributed by atoms with Crippen LogP contribution in [0.1, 0.15) is 17.7 Å². The lowest BCUT2D eigenvalue weighted by Crippen LogP contribution is -2.10. The molecule has 9 aromatic carbocycles. The summed E-state index contributed by atoms with van der Waals surface area (Å²) in [5.41, 5.74) is 12.4. The predicted octanol–water partition coefficient (Wildman–Crippen LogP) is 15.6. The molecule has 1 aliphatic rings. The number of allylic oxidation sites excluding steroid dienone is 1. The van der Waals surface area contributed by atoms with E-state index in [1.54, 1.807) is 0 Å². The molecular weight excluding hydrogens is 785 g/mol. The van der Waals surface area contributed by atoms with E-state index in [9.17, 15) is 0 Å². The van der Waals surface area contributed by atoms with Gasteiger partial charge >= 0.3 is 0 Å². The summed E-state index contributed by atoms with van der Waals surface area (Å²) in [5, 5.41) is 12.4. The van der Waals surface area contributed by atoms with Crippen molar-refractivity contribution in [2.75, 3.05) is 0 Å². The molecule has 0 unspecified atom stereocenters. The highest BCUT2D eigenvalue weighted by atomic mass is 32.1. The quantitative estimate of drug-likeness (QED) is 0.177. The van der Waals surface area contributed by atoms with Crippen LogP contribution in [0.5, 0.6) is 0 Å². The number of para-hydroxylation sites is 3. The molecule has 0 amide bonds. The van der Waals surface area contributed by atoms with Crippen LogP contribution in [0.4, 0.5) is 0 Å². The topological polar surface area (TPSA) is 35.6 Å². The van der Waals surface area contributed by atoms with Crippen molar-refractivity contribution in [3.8, 4) is 34.0 Å². The van der Waals surface area contributed by atoms with Gasteiger partial charge in [-0.3, -0.25) is 4.57 Å². The number of hydrogen-bond donors (Lipinski definition) is 0. The average molecular weight is 821 g/mol. The van der Waals surface area contributed by atoms with Gasteiger partial charge in [-0.25, -0.2) is 9.97 Å². The van der Waals surface area contributed by atoms with Crippen LogP contribution in [0.3, 0.4) is 0 Å². The second kappa shape index (κ2) is 13.3. The fourth-order valence-corrected chi connectivity index (χ4v) is 11.9. The third-order valence-corrected chi connectivity index (χ3v) is 14.6. The Balaban J connectivity index is 1.11. The Labute approximate surface area is 366 Å². The van der Waals surface area contributed by atoms with Crippen LogP contribution in [0.25, 0.3) is 125 Å². The van der Waals surface area contributed by atoms with E-state index in [4.69, 9.17) is 9.97 Å². The van der Waals surface area contributed by atoms with E-state index < -0.39 is 0 Å². The van der Waals surface area contributed by atoms with Gasteiger partial charge < -0.3 is 4.57 Å². The van der Waals surface area contributed by atoms with Gasteiger partial charge in [0, 0.05) is 58.5 Å². The second-order valence-electron chi connectivity index (χ2n) is 16.7. The molecule has 5 heteroatoms. The summed E-state index contributed by atoms with van der Waals surface area (Å²) >= 11 is 1.85. The Morgan fingerprint density at radius 3 is 1.68 bits per heavy atom. The summed E-state index contributed by atoms with van der Waals surface area (Å²) in [6.07, 6.45) is 6.34. The number of nitrogens with zero attached hydrogens (tertiary/aromatic N) is 4. The largest absolute Gasteiger partial charge is 0.309 e. The van der Waals surface area contributed by atoms with Crippen LogP contribution in [0.15, 0.2) is 188 Å². The van der Waals surface area contributed by atoms with Gasteiger partial charge in [-0.05, 0) is 88.0 Å². The van der Waals surface area contributed by atoms with Gasteiger partial charge in [-0.2, -0.15) is 0 Å². The molecule has 0 atom stereocenters. The summed E-state index contributed by atoms with van der Waals surface area (Å²) < 4.78 is 7.33. The zero-order valence-corrected chi connectivity index (χ0v) is 34.9. The van der Waals surface area contributed by atoms with Gasteiger partial charge in [0.05, 0.1) is 33.5 Å². The summed E-state index contributed by atoms with van der Waals surface area (Å²) in [6.45, 7) is 0. The Bertz CT molecular complexity index is 4090. The van der Waals surface area contributed by atoms with Crippen LogP contribution in [0, 0.1) is 0 Å². The van der Waals surface area contributed by atoms with E-state index in [0.717, 1.165) is 52.1 Å². The Kier molecular flexibility index (Phi) is 7.36. The van der Waals surface area contributed by atoms with Crippen molar-refractivity contribution < 1.29 is 0 Å². The van der Waals surface area contributed by atoms with Crippen molar-refractivity contribution in [2.45, 2.75) is 12.8 Å². The molecule has 0 fully saturated rings. The highest BCUT2D eigenvalue weighted by Gasteiger charge is 2.25. The Morgan fingerprint density at radius 1 is 0.429 bits per heavy atom. The van der Waals surface area contributed by atoms with Crippen molar-refractivity contribution in [3.63, 3.8) is 0 Å². The van der Waals surface area contributed by atoms with Crippen molar-refractivity contribution in [1.29, 1.82) is 0 Å². The summed E-state index contributed by atoms with van der Waals surface area (Å²) in [4.78, 5) is 11.2. The van der Waals surface area contributed by atoms with Crippen molar-refractivity contribution >= 4 is 103 Å². The minimum Gasteiger partial charge on any atom is -0.309 e. The maximum atomic E-state index is 5.67. The molecule has 1 aliphatic carbocycles. The van der Waals surface area contributed by atoms with Crippen molar-refractivity contribution in [2.24, 2.45) is 0 Å². The molecule has 4 nitrogen and oxygen atoms in total. The third kappa shape index (κ3) is 4.97. The number of aromatic nitrogens is 4. The van der Waals surface area contributed by atoms with Crippen LogP contribution >= 0.6 is 11.3 Å². The normalized spacial score (nSPS) is 12.9. The molecule has 14 rings (SSSR count). The molecule has 0 radical (unpaired) electrons. The predicted molar refractivity (Wildman–Crippen MR) is 267 cm³/mol. The van der Waals surface area contributed by atoms with Crippen molar-refractivity contribution in [1.82, 2.24) is 19.1 Å². The third-order valence-electron chi connectivity index (χ3n) is 13.4.